The molecule has 0 aliphatic carbocycles. The topological polar surface area (TPSA) is 75.7 Å². The van der Waals surface area contributed by atoms with Crippen LogP contribution in [0.3, 0.4) is 0 Å². The van der Waals surface area contributed by atoms with E-state index in [1.165, 1.54) is 34.9 Å². The summed E-state index contributed by atoms with van der Waals surface area (Å²) in [5.41, 5.74) is 1.61. The number of carbonyl (C=O) groups is 3. The number of hydrogen-bond donors (Lipinski definition) is 1. The van der Waals surface area contributed by atoms with Gasteiger partial charge in [-0.2, -0.15) is 0 Å². The molecule has 2 unspecified atom stereocenters. The molecule has 5 rings (SSSR count). The Labute approximate surface area is 183 Å². The molecule has 0 saturated carbocycles. The van der Waals surface area contributed by atoms with Crippen molar-refractivity contribution in [3.05, 3.63) is 64.5 Å². The lowest BCUT2D eigenvalue weighted by Crippen LogP contribution is -2.36. The molecule has 1 saturated heterocycles. The maximum Gasteiger partial charge on any atom is 0.261 e. The van der Waals surface area contributed by atoms with E-state index in [4.69, 9.17) is 4.74 Å². The fraction of sp³-hybridized carbons (Fsp3) is 0.348. The monoisotopic (exact) mass is 440 g/mol. The summed E-state index contributed by atoms with van der Waals surface area (Å²) < 4.78 is 19.7. The second kappa shape index (κ2) is 8.09. The van der Waals surface area contributed by atoms with Crippen LogP contribution in [-0.4, -0.2) is 47.6 Å². The molecule has 0 bridgehead atoms. The normalized spacial score (nSPS) is 22.4. The third-order valence-electron chi connectivity index (χ3n) is 5.97. The van der Waals surface area contributed by atoms with Crippen LogP contribution in [0.2, 0.25) is 0 Å². The van der Waals surface area contributed by atoms with E-state index in [2.05, 4.69) is 5.32 Å². The van der Waals surface area contributed by atoms with Gasteiger partial charge in [-0.3, -0.25) is 19.3 Å². The molecule has 31 heavy (non-hydrogen) atoms. The van der Waals surface area contributed by atoms with Gasteiger partial charge >= 0.3 is 0 Å². The number of hydrogen-bond acceptors (Lipinski definition) is 5. The van der Waals surface area contributed by atoms with Crippen molar-refractivity contribution in [2.75, 3.05) is 18.9 Å². The number of imide groups is 1. The lowest BCUT2D eigenvalue weighted by molar-refractivity contribution is 0.0475. The van der Waals surface area contributed by atoms with E-state index in [9.17, 15) is 18.8 Å². The molecule has 2 atom stereocenters. The molecule has 3 aliphatic rings. The Kier molecular flexibility index (Phi) is 5.27. The Morgan fingerprint density at radius 1 is 1.16 bits per heavy atom. The zero-order valence-electron chi connectivity index (χ0n) is 16.7. The van der Waals surface area contributed by atoms with Crippen LogP contribution < -0.4 is 5.32 Å². The fourth-order valence-electron chi connectivity index (χ4n) is 4.37. The summed E-state index contributed by atoms with van der Waals surface area (Å²) in [5.74, 6) is -0.682. The summed E-state index contributed by atoms with van der Waals surface area (Å²) in [7, 11) is 0. The van der Waals surface area contributed by atoms with Gasteiger partial charge < -0.3 is 10.1 Å². The van der Waals surface area contributed by atoms with Crippen LogP contribution in [0.25, 0.3) is 0 Å². The number of halogens is 1. The molecule has 2 aromatic rings. The Bertz CT molecular complexity index is 1080. The van der Waals surface area contributed by atoms with Gasteiger partial charge in [-0.25, -0.2) is 4.39 Å². The van der Waals surface area contributed by atoms with Crippen molar-refractivity contribution in [2.45, 2.75) is 36.3 Å². The first kappa shape index (κ1) is 20.2. The van der Waals surface area contributed by atoms with Gasteiger partial charge in [0.05, 0.1) is 29.8 Å². The predicted molar refractivity (Wildman–Crippen MR) is 113 cm³/mol. The highest BCUT2D eigenvalue weighted by atomic mass is 32.2. The molecule has 1 N–H and O–H groups in total. The van der Waals surface area contributed by atoms with Gasteiger partial charge in [0.2, 0.25) is 0 Å². The average molecular weight is 440 g/mol. The zero-order chi connectivity index (χ0) is 21.5. The molecule has 0 spiro atoms. The Hall–Kier alpha value is -2.71. The van der Waals surface area contributed by atoms with Crippen molar-refractivity contribution < 1.29 is 23.5 Å². The standard InChI is InChI=1S/C23H21FN2O4S/c24-18-5-1-4-16-19(8-10-31-20(16)18)25-21(27)13-6-7-15-17(11-13)23(29)26(22(15)28)12-14-3-2-9-30-14/h1,4-7,11,14,19H,2-3,8-10,12H2,(H,25,27). The lowest BCUT2D eigenvalue weighted by Gasteiger charge is -2.26. The predicted octanol–water partition coefficient (Wildman–Crippen LogP) is 3.57. The van der Waals surface area contributed by atoms with Crippen LogP contribution >= 0.6 is 11.8 Å². The van der Waals surface area contributed by atoms with Gasteiger partial charge in [-0.05, 0) is 49.1 Å². The Morgan fingerprint density at radius 3 is 2.81 bits per heavy atom. The zero-order valence-corrected chi connectivity index (χ0v) is 17.5. The van der Waals surface area contributed by atoms with Crippen LogP contribution in [0.4, 0.5) is 4.39 Å². The lowest BCUT2D eigenvalue weighted by atomic mass is 10.0. The van der Waals surface area contributed by atoms with Crippen LogP contribution in [0, 0.1) is 5.82 Å². The van der Waals surface area contributed by atoms with Crippen LogP contribution in [0.5, 0.6) is 0 Å². The first-order valence-electron chi connectivity index (χ1n) is 10.4. The minimum Gasteiger partial charge on any atom is -0.376 e. The van der Waals surface area contributed by atoms with Gasteiger partial charge in [0.15, 0.2) is 0 Å². The highest BCUT2D eigenvalue weighted by molar-refractivity contribution is 7.99. The Morgan fingerprint density at radius 2 is 2.00 bits per heavy atom. The number of thioether (sulfide) groups is 1. The summed E-state index contributed by atoms with van der Waals surface area (Å²) in [5, 5.41) is 2.96. The maximum atomic E-state index is 14.1. The van der Waals surface area contributed by atoms with E-state index >= 15 is 0 Å². The van der Waals surface area contributed by atoms with Crippen LogP contribution in [0.15, 0.2) is 41.3 Å². The molecule has 3 heterocycles. The largest absolute Gasteiger partial charge is 0.376 e. The van der Waals surface area contributed by atoms with E-state index in [0.717, 1.165) is 18.4 Å². The maximum absolute atomic E-state index is 14.1. The third kappa shape index (κ3) is 3.64. The first-order chi connectivity index (χ1) is 15.0. The van der Waals surface area contributed by atoms with Crippen LogP contribution in [0.1, 0.15) is 61.9 Å². The van der Waals surface area contributed by atoms with Crippen molar-refractivity contribution in [1.29, 1.82) is 0 Å². The third-order valence-corrected chi connectivity index (χ3v) is 7.13. The molecule has 0 aromatic heterocycles. The number of carbonyl (C=O) groups excluding carboxylic acids is 3. The number of amides is 3. The Balaban J connectivity index is 1.35. The number of ether oxygens (including phenoxy) is 1. The van der Waals surface area contributed by atoms with Gasteiger partial charge in [0, 0.05) is 22.8 Å². The molecule has 1 fully saturated rings. The van der Waals surface area contributed by atoms with E-state index in [1.54, 1.807) is 12.1 Å². The van der Waals surface area contributed by atoms with Crippen molar-refractivity contribution in [2.24, 2.45) is 0 Å². The summed E-state index contributed by atoms with van der Waals surface area (Å²) >= 11 is 1.45. The number of fused-ring (bicyclic) bond motifs is 2. The summed E-state index contributed by atoms with van der Waals surface area (Å²) in [6, 6.07) is 9.14. The smallest absolute Gasteiger partial charge is 0.261 e. The SMILES string of the molecule is O=C(NC1CCSc2c(F)cccc21)c1ccc2c(c1)C(=O)N(CC1CCCO1)C2=O. The van der Waals surface area contributed by atoms with Crippen molar-refractivity contribution in [3.63, 3.8) is 0 Å². The number of rotatable bonds is 4. The molecule has 6 nitrogen and oxygen atoms in total. The minimum absolute atomic E-state index is 0.130. The van der Waals surface area contributed by atoms with E-state index < -0.39 is 5.91 Å². The number of nitrogens with one attached hydrogen (secondary N) is 1. The molecule has 8 heteroatoms. The van der Waals surface area contributed by atoms with Gasteiger partial charge in [-0.1, -0.05) is 12.1 Å². The van der Waals surface area contributed by atoms with Gasteiger partial charge in [0.1, 0.15) is 5.82 Å². The summed E-state index contributed by atoms with van der Waals surface area (Å²) in [6.07, 6.45) is 2.30. The van der Waals surface area contributed by atoms with Crippen molar-refractivity contribution in [1.82, 2.24) is 10.2 Å². The molecule has 0 radical (unpaired) electrons. The van der Waals surface area contributed by atoms with E-state index in [1.807, 2.05) is 6.07 Å². The van der Waals surface area contributed by atoms with Gasteiger partial charge in [0.25, 0.3) is 17.7 Å². The second-order valence-electron chi connectivity index (χ2n) is 7.94. The van der Waals surface area contributed by atoms with Crippen LogP contribution in [-0.2, 0) is 4.74 Å². The van der Waals surface area contributed by atoms with Crippen molar-refractivity contribution in [3.8, 4) is 0 Å². The van der Waals surface area contributed by atoms with Crippen molar-refractivity contribution >= 4 is 29.5 Å². The van der Waals surface area contributed by atoms with E-state index in [0.29, 0.717) is 34.8 Å². The molecule has 160 valence electrons. The molecular weight excluding hydrogens is 419 g/mol. The summed E-state index contributed by atoms with van der Waals surface area (Å²) in [6.45, 7) is 0.876. The average Bonchev–Trinajstić information content (AvgIpc) is 3.37. The highest BCUT2D eigenvalue weighted by Gasteiger charge is 2.38. The van der Waals surface area contributed by atoms with Gasteiger partial charge in [-0.15, -0.1) is 11.8 Å². The second-order valence-corrected chi connectivity index (χ2v) is 9.04. The minimum atomic E-state index is -0.397. The van der Waals surface area contributed by atoms with E-state index in [-0.39, 0.29) is 41.9 Å². The first-order valence-corrected chi connectivity index (χ1v) is 11.4. The summed E-state index contributed by atoms with van der Waals surface area (Å²) in [4.78, 5) is 40.2. The number of nitrogens with zero attached hydrogens (tertiary/aromatic N) is 1. The molecule has 2 aromatic carbocycles. The molecule has 3 aliphatic heterocycles. The fourth-order valence-corrected chi connectivity index (χ4v) is 5.51. The highest BCUT2D eigenvalue weighted by Crippen LogP contribution is 2.38. The molecular formula is C23H21FN2O4S. The molecule has 3 amide bonds. The quantitative estimate of drug-likeness (QED) is 0.736. The number of benzene rings is 2.